The number of anilines is 1. The zero-order chi connectivity index (χ0) is 13.0. The van der Waals surface area contributed by atoms with Gasteiger partial charge in [-0.3, -0.25) is 0 Å². The topological polar surface area (TPSA) is 51.4 Å². The van der Waals surface area contributed by atoms with Crippen LogP contribution in [0, 0.1) is 6.92 Å². The Hall–Kier alpha value is -1.13. The van der Waals surface area contributed by atoms with E-state index in [0.29, 0.717) is 12.6 Å². The van der Waals surface area contributed by atoms with Crippen LogP contribution in [0.1, 0.15) is 31.0 Å². The van der Waals surface area contributed by atoms with E-state index in [9.17, 15) is 0 Å². The number of pyridine rings is 1. The molecule has 0 bridgehead atoms. The summed E-state index contributed by atoms with van der Waals surface area (Å²) in [5, 5.41) is 0. The lowest BCUT2D eigenvalue weighted by atomic mass is 10.2. The molecule has 1 aromatic rings. The maximum Gasteiger partial charge on any atom is 0.128 e. The molecule has 4 nitrogen and oxygen atoms in total. The van der Waals surface area contributed by atoms with Crippen molar-refractivity contribution in [3.05, 3.63) is 23.4 Å². The largest absolute Gasteiger partial charge is 0.376 e. The summed E-state index contributed by atoms with van der Waals surface area (Å²) < 4.78 is 5.69. The monoisotopic (exact) mass is 249 g/mol. The average molecular weight is 249 g/mol. The van der Waals surface area contributed by atoms with E-state index < -0.39 is 0 Å². The highest BCUT2D eigenvalue weighted by Gasteiger charge is 2.19. The third-order valence-electron chi connectivity index (χ3n) is 3.55. The molecule has 1 unspecified atom stereocenters. The van der Waals surface area contributed by atoms with Crippen LogP contribution >= 0.6 is 0 Å². The first-order valence-corrected chi connectivity index (χ1v) is 6.77. The molecule has 2 rings (SSSR count). The van der Waals surface area contributed by atoms with Gasteiger partial charge in [0.05, 0.1) is 6.10 Å². The van der Waals surface area contributed by atoms with Crippen molar-refractivity contribution in [2.75, 3.05) is 24.6 Å². The van der Waals surface area contributed by atoms with Crippen LogP contribution < -0.4 is 10.6 Å². The summed E-state index contributed by atoms with van der Waals surface area (Å²) in [4.78, 5) is 6.93. The number of aromatic nitrogens is 1. The number of nitrogens with two attached hydrogens (primary N) is 1. The molecular formula is C14H23N3O. The Balaban J connectivity index is 2.08. The van der Waals surface area contributed by atoms with Crippen molar-refractivity contribution in [2.24, 2.45) is 5.73 Å². The molecule has 1 saturated heterocycles. The van der Waals surface area contributed by atoms with Gasteiger partial charge in [0.25, 0.3) is 0 Å². The number of ether oxygens (including phenoxy) is 1. The van der Waals surface area contributed by atoms with Crippen molar-refractivity contribution in [1.82, 2.24) is 4.98 Å². The predicted molar refractivity (Wildman–Crippen MR) is 73.7 cm³/mol. The van der Waals surface area contributed by atoms with Gasteiger partial charge in [-0.25, -0.2) is 4.98 Å². The lowest BCUT2D eigenvalue weighted by Crippen LogP contribution is -2.32. The molecule has 0 amide bonds. The van der Waals surface area contributed by atoms with Gasteiger partial charge in [-0.1, -0.05) is 6.07 Å². The Morgan fingerprint density at radius 3 is 2.89 bits per heavy atom. The second-order valence-electron chi connectivity index (χ2n) is 4.79. The van der Waals surface area contributed by atoms with Crippen LogP contribution in [-0.2, 0) is 11.3 Å². The molecule has 1 aromatic heterocycles. The second kappa shape index (κ2) is 6.16. The van der Waals surface area contributed by atoms with Gasteiger partial charge in [0.1, 0.15) is 5.82 Å². The van der Waals surface area contributed by atoms with Crippen LogP contribution in [0.4, 0.5) is 5.82 Å². The number of nitrogens with zero attached hydrogens (tertiary/aromatic N) is 2. The summed E-state index contributed by atoms with van der Waals surface area (Å²) in [6, 6.07) is 4.14. The Labute approximate surface area is 109 Å². The normalized spacial score (nSPS) is 19.2. The number of likely N-dealkylation sites (N-methyl/N-ethyl adjacent to an activating group) is 1. The minimum Gasteiger partial charge on any atom is -0.376 e. The van der Waals surface area contributed by atoms with Crippen molar-refractivity contribution in [3.63, 3.8) is 0 Å². The minimum atomic E-state index is 0.362. The molecular weight excluding hydrogens is 226 g/mol. The molecule has 0 radical (unpaired) electrons. The van der Waals surface area contributed by atoms with Crippen LogP contribution in [0.5, 0.6) is 0 Å². The van der Waals surface area contributed by atoms with Gasteiger partial charge in [-0.2, -0.15) is 0 Å². The van der Waals surface area contributed by atoms with Crippen molar-refractivity contribution >= 4 is 5.82 Å². The van der Waals surface area contributed by atoms with Gasteiger partial charge in [0, 0.05) is 31.9 Å². The van der Waals surface area contributed by atoms with Crippen molar-refractivity contribution in [2.45, 2.75) is 39.3 Å². The first-order valence-electron chi connectivity index (χ1n) is 6.77. The zero-order valence-electron chi connectivity index (χ0n) is 11.4. The van der Waals surface area contributed by atoms with Gasteiger partial charge in [-0.15, -0.1) is 0 Å². The highest BCUT2D eigenvalue weighted by molar-refractivity contribution is 5.41. The Morgan fingerprint density at radius 1 is 1.50 bits per heavy atom. The van der Waals surface area contributed by atoms with Crippen molar-refractivity contribution in [1.29, 1.82) is 0 Å². The molecule has 0 aliphatic carbocycles. The first kappa shape index (κ1) is 13.3. The second-order valence-corrected chi connectivity index (χ2v) is 4.79. The number of hydrogen-bond donors (Lipinski definition) is 1. The molecule has 100 valence electrons. The molecule has 0 aromatic carbocycles. The molecule has 18 heavy (non-hydrogen) atoms. The SMILES string of the molecule is CCN(CC1CCCO1)c1ccc(CN)c(C)n1. The number of rotatable bonds is 5. The van der Waals surface area contributed by atoms with Crippen LogP contribution in [-0.4, -0.2) is 30.8 Å². The van der Waals surface area contributed by atoms with Crippen molar-refractivity contribution in [3.8, 4) is 0 Å². The van der Waals surface area contributed by atoms with Gasteiger partial charge in [0.2, 0.25) is 0 Å². The van der Waals surface area contributed by atoms with Gasteiger partial charge < -0.3 is 15.4 Å². The van der Waals surface area contributed by atoms with Crippen LogP contribution in [0.15, 0.2) is 12.1 Å². The van der Waals surface area contributed by atoms with Gasteiger partial charge in [-0.05, 0) is 38.3 Å². The van der Waals surface area contributed by atoms with E-state index in [1.54, 1.807) is 0 Å². The minimum absolute atomic E-state index is 0.362. The molecule has 2 N–H and O–H groups in total. The molecule has 0 saturated carbocycles. The van der Waals surface area contributed by atoms with Crippen LogP contribution in [0.25, 0.3) is 0 Å². The van der Waals surface area contributed by atoms with Crippen LogP contribution in [0.3, 0.4) is 0 Å². The highest BCUT2D eigenvalue weighted by Crippen LogP contribution is 2.19. The summed E-state index contributed by atoms with van der Waals surface area (Å²) in [5.74, 6) is 1.03. The fourth-order valence-electron chi connectivity index (χ4n) is 2.39. The highest BCUT2D eigenvalue weighted by atomic mass is 16.5. The maximum absolute atomic E-state index is 5.69. The predicted octanol–water partition coefficient (Wildman–Crippen LogP) is 1.85. The number of aryl methyl sites for hydroxylation is 1. The molecule has 4 heteroatoms. The smallest absolute Gasteiger partial charge is 0.128 e. The maximum atomic E-state index is 5.69. The van der Waals surface area contributed by atoms with Crippen LogP contribution in [0.2, 0.25) is 0 Å². The quantitative estimate of drug-likeness (QED) is 0.865. The fraction of sp³-hybridized carbons (Fsp3) is 0.643. The first-order chi connectivity index (χ1) is 8.74. The molecule has 0 spiro atoms. The molecule has 2 heterocycles. The van der Waals surface area contributed by atoms with E-state index in [2.05, 4.69) is 28.9 Å². The Kier molecular flexibility index (Phi) is 4.55. The van der Waals surface area contributed by atoms with E-state index in [1.165, 1.54) is 6.42 Å². The summed E-state index contributed by atoms with van der Waals surface area (Å²) in [5.41, 5.74) is 7.81. The van der Waals surface area contributed by atoms with Crippen molar-refractivity contribution < 1.29 is 4.74 Å². The fourth-order valence-corrected chi connectivity index (χ4v) is 2.39. The zero-order valence-corrected chi connectivity index (χ0v) is 11.4. The third kappa shape index (κ3) is 3.00. The lowest BCUT2D eigenvalue weighted by Gasteiger charge is -2.25. The Morgan fingerprint density at radius 2 is 2.33 bits per heavy atom. The van der Waals surface area contributed by atoms with E-state index >= 15 is 0 Å². The van der Waals surface area contributed by atoms with E-state index in [1.807, 2.05) is 6.92 Å². The summed E-state index contributed by atoms with van der Waals surface area (Å²) >= 11 is 0. The number of hydrogen-bond acceptors (Lipinski definition) is 4. The molecule has 1 fully saturated rings. The summed E-state index contributed by atoms with van der Waals surface area (Å²) in [6.45, 7) is 7.52. The van der Waals surface area contributed by atoms with E-state index in [-0.39, 0.29) is 0 Å². The van der Waals surface area contributed by atoms with E-state index in [0.717, 1.165) is 43.2 Å². The van der Waals surface area contributed by atoms with E-state index in [4.69, 9.17) is 10.5 Å². The molecule has 1 aliphatic heterocycles. The average Bonchev–Trinajstić information content (AvgIpc) is 2.88. The van der Waals surface area contributed by atoms with Gasteiger partial charge in [0.15, 0.2) is 0 Å². The van der Waals surface area contributed by atoms with Gasteiger partial charge >= 0.3 is 0 Å². The third-order valence-corrected chi connectivity index (χ3v) is 3.55. The standard InChI is InChI=1S/C14H23N3O/c1-3-17(10-13-5-4-8-18-13)14-7-6-12(9-15)11(2)16-14/h6-7,13H,3-5,8-10,15H2,1-2H3. The molecule has 1 aliphatic rings. The molecule has 1 atom stereocenters. The Bertz CT molecular complexity index is 389. The lowest BCUT2D eigenvalue weighted by molar-refractivity contribution is 0.115. The summed E-state index contributed by atoms with van der Waals surface area (Å²) in [7, 11) is 0. The summed E-state index contributed by atoms with van der Waals surface area (Å²) in [6.07, 6.45) is 2.71.